The summed E-state index contributed by atoms with van der Waals surface area (Å²) in [6, 6.07) is 0.286. The molecule has 68 valence electrons. The summed E-state index contributed by atoms with van der Waals surface area (Å²) in [6.07, 6.45) is 3.47. The minimum atomic E-state index is -0.0146. The molecule has 12 heavy (non-hydrogen) atoms. The lowest BCUT2D eigenvalue weighted by atomic mass is 10.4. The minimum Gasteiger partial charge on any atom is -0.313 e. The van der Waals surface area contributed by atoms with Crippen molar-refractivity contribution in [2.45, 2.75) is 19.9 Å². The van der Waals surface area contributed by atoms with E-state index in [0.717, 1.165) is 11.5 Å². The van der Waals surface area contributed by atoms with Gasteiger partial charge in [0.1, 0.15) is 0 Å². The van der Waals surface area contributed by atoms with E-state index in [1.807, 2.05) is 11.8 Å². The van der Waals surface area contributed by atoms with Crippen LogP contribution in [0.1, 0.15) is 19.9 Å². The van der Waals surface area contributed by atoms with Crippen molar-refractivity contribution in [2.75, 3.05) is 11.5 Å². The number of hydrogen-bond donors (Lipinski definition) is 1. The number of nitrogens with zero attached hydrogens (tertiary/aromatic N) is 1. The third-order valence-electron chi connectivity index (χ3n) is 1.71. The van der Waals surface area contributed by atoms with Crippen LogP contribution in [-0.4, -0.2) is 21.1 Å². The van der Waals surface area contributed by atoms with Crippen molar-refractivity contribution >= 4 is 11.8 Å². The second kappa shape index (κ2) is 4.40. The normalized spacial score (nSPS) is 13.2. The lowest BCUT2D eigenvalue weighted by Gasteiger charge is -2.10. The smallest absolute Gasteiger partial charge is 0.313 e. The quantitative estimate of drug-likeness (QED) is 0.773. The van der Waals surface area contributed by atoms with E-state index in [-0.39, 0.29) is 11.7 Å². The molecular formula is C8H14N2OS. The third kappa shape index (κ3) is 2.17. The number of H-pyrrole nitrogens is 1. The summed E-state index contributed by atoms with van der Waals surface area (Å²) >= 11 is 1.85. The van der Waals surface area contributed by atoms with Crippen molar-refractivity contribution in [3.8, 4) is 0 Å². The standard InChI is InChI=1S/C8H14N2OS/c1-3-12-6-7(2)10-5-4-9-8(10)11/h4-5,7H,3,6H2,1-2H3,(H,9,11). The second-order valence-corrected chi connectivity index (χ2v) is 4.00. The number of rotatable bonds is 4. The fraction of sp³-hybridized carbons (Fsp3) is 0.625. The Morgan fingerprint density at radius 1 is 1.75 bits per heavy atom. The van der Waals surface area contributed by atoms with Crippen LogP contribution < -0.4 is 5.69 Å². The van der Waals surface area contributed by atoms with Crippen molar-refractivity contribution in [3.05, 3.63) is 22.9 Å². The first kappa shape index (κ1) is 9.45. The Labute approximate surface area is 76.2 Å². The molecule has 1 aromatic heterocycles. The van der Waals surface area contributed by atoms with Crippen molar-refractivity contribution in [2.24, 2.45) is 0 Å². The van der Waals surface area contributed by atoms with Gasteiger partial charge in [0.05, 0.1) is 0 Å². The number of aromatic amines is 1. The van der Waals surface area contributed by atoms with Crippen LogP contribution in [0.5, 0.6) is 0 Å². The zero-order chi connectivity index (χ0) is 8.97. The Balaban J connectivity index is 2.59. The molecule has 0 saturated heterocycles. The van der Waals surface area contributed by atoms with Crippen LogP contribution in [0.3, 0.4) is 0 Å². The topological polar surface area (TPSA) is 37.8 Å². The van der Waals surface area contributed by atoms with E-state index >= 15 is 0 Å². The van der Waals surface area contributed by atoms with Gasteiger partial charge >= 0.3 is 5.69 Å². The molecule has 1 heterocycles. The van der Waals surface area contributed by atoms with Crippen molar-refractivity contribution < 1.29 is 0 Å². The summed E-state index contributed by atoms with van der Waals surface area (Å²) in [7, 11) is 0. The predicted octanol–water partition coefficient (Wildman–Crippen LogP) is 1.49. The van der Waals surface area contributed by atoms with E-state index in [9.17, 15) is 4.79 Å². The van der Waals surface area contributed by atoms with Gasteiger partial charge in [0.2, 0.25) is 0 Å². The van der Waals surface area contributed by atoms with E-state index in [4.69, 9.17) is 0 Å². The van der Waals surface area contributed by atoms with Crippen LogP contribution >= 0.6 is 11.8 Å². The molecule has 1 rings (SSSR count). The molecule has 0 bridgehead atoms. The highest BCUT2D eigenvalue weighted by Gasteiger charge is 2.05. The molecule has 0 amide bonds. The molecule has 1 N–H and O–H groups in total. The van der Waals surface area contributed by atoms with Gasteiger partial charge in [-0.3, -0.25) is 4.57 Å². The molecule has 0 spiro atoms. The second-order valence-electron chi connectivity index (χ2n) is 2.68. The first-order valence-electron chi connectivity index (χ1n) is 4.09. The molecule has 0 fully saturated rings. The van der Waals surface area contributed by atoms with E-state index in [0.29, 0.717) is 0 Å². The minimum absolute atomic E-state index is 0.0146. The van der Waals surface area contributed by atoms with Gasteiger partial charge in [0, 0.05) is 24.2 Å². The summed E-state index contributed by atoms with van der Waals surface area (Å²) in [5.74, 6) is 2.10. The van der Waals surface area contributed by atoms with Gasteiger partial charge in [0.25, 0.3) is 0 Å². The third-order valence-corrected chi connectivity index (χ3v) is 2.84. The number of imidazole rings is 1. The molecule has 0 aliphatic rings. The lowest BCUT2D eigenvalue weighted by Crippen LogP contribution is -2.21. The molecule has 1 unspecified atom stereocenters. The summed E-state index contributed by atoms with van der Waals surface area (Å²) in [5.41, 5.74) is -0.0146. The lowest BCUT2D eigenvalue weighted by molar-refractivity contribution is 0.589. The Morgan fingerprint density at radius 2 is 2.50 bits per heavy atom. The predicted molar refractivity (Wildman–Crippen MR) is 52.8 cm³/mol. The number of aromatic nitrogens is 2. The maximum Gasteiger partial charge on any atom is 0.325 e. The molecule has 0 aliphatic carbocycles. The first-order valence-corrected chi connectivity index (χ1v) is 5.24. The van der Waals surface area contributed by atoms with Gasteiger partial charge < -0.3 is 4.98 Å². The van der Waals surface area contributed by atoms with E-state index < -0.39 is 0 Å². The molecule has 0 radical (unpaired) electrons. The first-order chi connectivity index (χ1) is 5.75. The summed E-state index contributed by atoms with van der Waals surface area (Å²) in [6.45, 7) is 4.18. The van der Waals surface area contributed by atoms with Gasteiger partial charge in [0.15, 0.2) is 0 Å². The van der Waals surface area contributed by atoms with Crippen LogP contribution in [0, 0.1) is 0 Å². The SMILES string of the molecule is CCSCC(C)n1cc[nH]c1=O. The zero-order valence-corrected chi connectivity index (χ0v) is 8.23. The summed E-state index contributed by atoms with van der Waals surface area (Å²) in [5, 5.41) is 0. The van der Waals surface area contributed by atoms with Gasteiger partial charge in [-0.2, -0.15) is 11.8 Å². The zero-order valence-electron chi connectivity index (χ0n) is 7.41. The maximum atomic E-state index is 11.1. The highest BCUT2D eigenvalue weighted by Crippen LogP contribution is 2.10. The Hall–Kier alpha value is -0.640. The highest BCUT2D eigenvalue weighted by molar-refractivity contribution is 7.99. The van der Waals surface area contributed by atoms with Crippen LogP contribution in [0.4, 0.5) is 0 Å². The van der Waals surface area contributed by atoms with Crippen molar-refractivity contribution in [3.63, 3.8) is 0 Å². The fourth-order valence-electron chi connectivity index (χ4n) is 1.05. The molecule has 0 saturated carbocycles. The summed E-state index contributed by atoms with van der Waals surface area (Å²) < 4.78 is 1.72. The van der Waals surface area contributed by atoms with Gasteiger partial charge in [-0.05, 0) is 12.7 Å². The van der Waals surface area contributed by atoms with Crippen LogP contribution in [-0.2, 0) is 0 Å². The molecule has 3 nitrogen and oxygen atoms in total. The van der Waals surface area contributed by atoms with Gasteiger partial charge in [-0.1, -0.05) is 6.92 Å². The van der Waals surface area contributed by atoms with Crippen LogP contribution in [0.2, 0.25) is 0 Å². The molecule has 1 atom stereocenters. The number of hydrogen-bond acceptors (Lipinski definition) is 2. The van der Waals surface area contributed by atoms with Crippen LogP contribution in [0.25, 0.3) is 0 Å². The van der Waals surface area contributed by atoms with Gasteiger partial charge in [-0.25, -0.2) is 4.79 Å². The average Bonchev–Trinajstić information content (AvgIpc) is 2.47. The fourth-order valence-corrected chi connectivity index (χ4v) is 1.78. The van der Waals surface area contributed by atoms with Crippen molar-refractivity contribution in [1.29, 1.82) is 0 Å². The van der Waals surface area contributed by atoms with E-state index in [1.54, 1.807) is 17.0 Å². The Morgan fingerprint density at radius 3 is 3.00 bits per heavy atom. The number of nitrogens with one attached hydrogen (secondary N) is 1. The van der Waals surface area contributed by atoms with E-state index in [1.165, 1.54) is 0 Å². The Bertz CT molecular complexity index is 279. The molecule has 1 aromatic rings. The molecule has 0 aliphatic heterocycles. The maximum absolute atomic E-state index is 11.1. The van der Waals surface area contributed by atoms with Crippen LogP contribution in [0.15, 0.2) is 17.2 Å². The molecule has 4 heteroatoms. The largest absolute Gasteiger partial charge is 0.325 e. The monoisotopic (exact) mass is 186 g/mol. The molecular weight excluding hydrogens is 172 g/mol. The average molecular weight is 186 g/mol. The summed E-state index contributed by atoms with van der Waals surface area (Å²) in [4.78, 5) is 13.7. The highest BCUT2D eigenvalue weighted by atomic mass is 32.2. The van der Waals surface area contributed by atoms with Crippen molar-refractivity contribution in [1.82, 2.24) is 9.55 Å². The van der Waals surface area contributed by atoms with E-state index in [2.05, 4.69) is 18.8 Å². The van der Waals surface area contributed by atoms with Gasteiger partial charge in [-0.15, -0.1) is 0 Å². The Kier molecular flexibility index (Phi) is 3.47. The molecule has 0 aromatic carbocycles. The number of thioether (sulfide) groups is 1.